The molecule has 0 aliphatic carbocycles. The second-order valence-corrected chi connectivity index (χ2v) is 7.74. The van der Waals surface area contributed by atoms with Gasteiger partial charge in [-0.15, -0.1) is 11.3 Å². The highest BCUT2D eigenvalue weighted by molar-refractivity contribution is 7.16. The number of nitrogens with zero attached hydrogens (tertiary/aromatic N) is 2. The number of rotatable bonds is 1. The Morgan fingerprint density at radius 2 is 2.00 bits per heavy atom. The van der Waals surface area contributed by atoms with Gasteiger partial charge in [0.1, 0.15) is 0 Å². The lowest BCUT2D eigenvalue weighted by atomic mass is 9.96. The molecule has 114 valence electrons. The van der Waals surface area contributed by atoms with Crippen LogP contribution < -0.4 is 5.73 Å². The van der Waals surface area contributed by atoms with Gasteiger partial charge in [-0.2, -0.15) is 0 Å². The Morgan fingerprint density at radius 1 is 1.24 bits per heavy atom. The minimum absolute atomic E-state index is 0.189. The molecular formula is C16H23N3OS. The second kappa shape index (κ2) is 4.99. The number of carbonyl (C=O) groups is 1. The Morgan fingerprint density at radius 3 is 2.76 bits per heavy atom. The molecule has 0 aromatic carbocycles. The monoisotopic (exact) mass is 305 g/mol. The van der Waals surface area contributed by atoms with Gasteiger partial charge < -0.3 is 10.6 Å². The van der Waals surface area contributed by atoms with Crippen molar-refractivity contribution in [1.82, 2.24) is 9.80 Å². The van der Waals surface area contributed by atoms with E-state index in [1.54, 1.807) is 11.3 Å². The van der Waals surface area contributed by atoms with Crippen LogP contribution >= 0.6 is 11.3 Å². The summed E-state index contributed by atoms with van der Waals surface area (Å²) in [4.78, 5) is 18.8. The van der Waals surface area contributed by atoms with Gasteiger partial charge in [0.05, 0.1) is 10.6 Å². The normalized spacial score (nSPS) is 28.7. The summed E-state index contributed by atoms with van der Waals surface area (Å²) < 4.78 is 0. The van der Waals surface area contributed by atoms with E-state index in [0.29, 0.717) is 12.1 Å². The van der Waals surface area contributed by atoms with Crippen molar-refractivity contribution < 1.29 is 4.79 Å². The lowest BCUT2D eigenvalue weighted by molar-refractivity contribution is 0.0723. The van der Waals surface area contributed by atoms with Gasteiger partial charge in [-0.3, -0.25) is 9.69 Å². The van der Waals surface area contributed by atoms with Crippen LogP contribution in [0.5, 0.6) is 0 Å². The largest absolute Gasteiger partial charge is 0.390 e. The van der Waals surface area contributed by atoms with E-state index in [4.69, 9.17) is 5.73 Å². The maximum Gasteiger partial charge on any atom is 0.257 e. The van der Waals surface area contributed by atoms with E-state index < -0.39 is 0 Å². The molecule has 4 heterocycles. The van der Waals surface area contributed by atoms with E-state index in [1.165, 1.54) is 29.7 Å². The third-order valence-electron chi connectivity index (χ3n) is 5.51. The average molecular weight is 305 g/mol. The van der Waals surface area contributed by atoms with Crippen molar-refractivity contribution in [2.75, 3.05) is 25.9 Å². The predicted molar refractivity (Wildman–Crippen MR) is 85.7 cm³/mol. The molecule has 21 heavy (non-hydrogen) atoms. The van der Waals surface area contributed by atoms with Gasteiger partial charge in [0.25, 0.3) is 5.91 Å². The molecule has 2 unspecified atom stereocenters. The Labute approximate surface area is 129 Å². The van der Waals surface area contributed by atoms with Crippen LogP contribution in [0.4, 0.5) is 5.00 Å². The van der Waals surface area contributed by atoms with Gasteiger partial charge in [-0.1, -0.05) is 0 Å². The van der Waals surface area contributed by atoms with Gasteiger partial charge in [0.2, 0.25) is 0 Å². The van der Waals surface area contributed by atoms with E-state index in [9.17, 15) is 4.79 Å². The lowest BCUT2D eigenvalue weighted by Crippen LogP contribution is -2.38. The molecule has 1 aromatic rings. The van der Waals surface area contributed by atoms with Crippen LogP contribution in [0.15, 0.2) is 0 Å². The first kappa shape index (κ1) is 13.6. The summed E-state index contributed by atoms with van der Waals surface area (Å²) in [5.41, 5.74) is 8.38. The minimum atomic E-state index is 0.189. The number of likely N-dealkylation sites (N-methyl/N-ethyl adjacent to an activating group) is 1. The lowest BCUT2D eigenvalue weighted by Gasteiger charge is -2.32. The molecule has 1 aromatic heterocycles. The number of amides is 1. The molecule has 1 amide bonds. The van der Waals surface area contributed by atoms with Gasteiger partial charge in [0.15, 0.2) is 0 Å². The molecule has 4 nitrogen and oxygen atoms in total. The third kappa shape index (κ3) is 2.01. The Bertz CT molecular complexity index is 576. The summed E-state index contributed by atoms with van der Waals surface area (Å²) in [5.74, 6) is 0.189. The maximum absolute atomic E-state index is 12.9. The number of likely N-dealkylation sites (tertiary alicyclic amines) is 1. The number of thiophene rings is 1. The molecule has 2 bridgehead atoms. The van der Waals surface area contributed by atoms with E-state index in [-0.39, 0.29) is 5.91 Å². The number of nitrogens with two attached hydrogens (primary N) is 1. The molecule has 3 aliphatic rings. The van der Waals surface area contributed by atoms with Crippen molar-refractivity contribution >= 4 is 22.2 Å². The first-order valence-electron chi connectivity index (χ1n) is 8.09. The molecule has 4 rings (SSSR count). The molecule has 2 N–H and O–H groups in total. The van der Waals surface area contributed by atoms with Crippen molar-refractivity contribution in [2.24, 2.45) is 0 Å². The van der Waals surface area contributed by atoms with Crippen LogP contribution in [-0.2, 0) is 6.42 Å². The Hall–Kier alpha value is -1.07. The first-order valence-corrected chi connectivity index (χ1v) is 8.90. The number of piperidine rings is 1. The summed E-state index contributed by atoms with van der Waals surface area (Å²) in [6.07, 6.45) is 6.98. The quantitative estimate of drug-likeness (QED) is 0.868. The van der Waals surface area contributed by atoms with Crippen molar-refractivity contribution in [3.05, 3.63) is 16.0 Å². The predicted octanol–water partition coefficient (Wildman–Crippen LogP) is 2.65. The average Bonchev–Trinajstić information content (AvgIpc) is 2.95. The standard InChI is InChI=1S/C16H23N3OS/c1-18-10-5-6-12(18)14-11(9-10)13(15(17)21-14)16(20)19-7-3-2-4-8-19/h10,12H,2-9,17H2,1H3. The summed E-state index contributed by atoms with van der Waals surface area (Å²) in [6.45, 7) is 1.80. The van der Waals surface area contributed by atoms with Crippen LogP contribution in [0.3, 0.4) is 0 Å². The van der Waals surface area contributed by atoms with Crippen molar-refractivity contribution in [3.63, 3.8) is 0 Å². The van der Waals surface area contributed by atoms with Crippen molar-refractivity contribution in [1.29, 1.82) is 0 Å². The SMILES string of the molecule is CN1C2CCC1c1sc(N)c(C(=O)N3CCCCC3)c1C2. The fourth-order valence-electron chi connectivity index (χ4n) is 4.27. The van der Waals surface area contributed by atoms with E-state index in [0.717, 1.165) is 42.9 Å². The van der Waals surface area contributed by atoms with Gasteiger partial charge in [-0.25, -0.2) is 0 Å². The summed E-state index contributed by atoms with van der Waals surface area (Å²) in [5, 5.41) is 0.747. The molecule has 2 fully saturated rings. The Balaban J connectivity index is 1.71. The number of nitrogen functional groups attached to an aromatic ring is 1. The van der Waals surface area contributed by atoms with Crippen LogP contribution in [-0.4, -0.2) is 41.9 Å². The van der Waals surface area contributed by atoms with Crippen LogP contribution in [0, 0.1) is 0 Å². The molecule has 5 heteroatoms. The molecule has 3 aliphatic heterocycles. The zero-order valence-electron chi connectivity index (χ0n) is 12.6. The molecule has 2 saturated heterocycles. The van der Waals surface area contributed by atoms with E-state index >= 15 is 0 Å². The van der Waals surface area contributed by atoms with E-state index in [1.807, 2.05) is 4.90 Å². The highest BCUT2D eigenvalue weighted by Crippen LogP contribution is 2.49. The van der Waals surface area contributed by atoms with Gasteiger partial charge in [0, 0.05) is 30.1 Å². The smallest absolute Gasteiger partial charge is 0.257 e. The van der Waals surface area contributed by atoms with Gasteiger partial charge >= 0.3 is 0 Å². The summed E-state index contributed by atoms with van der Waals surface area (Å²) >= 11 is 1.66. The van der Waals surface area contributed by atoms with E-state index in [2.05, 4.69) is 11.9 Å². The molecule has 0 spiro atoms. The highest BCUT2D eigenvalue weighted by atomic mass is 32.1. The summed E-state index contributed by atoms with van der Waals surface area (Å²) in [7, 11) is 2.22. The second-order valence-electron chi connectivity index (χ2n) is 6.65. The number of fused-ring (bicyclic) bond motifs is 4. The number of hydrogen-bond donors (Lipinski definition) is 1. The first-order chi connectivity index (χ1) is 10.2. The minimum Gasteiger partial charge on any atom is -0.390 e. The maximum atomic E-state index is 12.9. The number of hydrogen-bond acceptors (Lipinski definition) is 4. The van der Waals surface area contributed by atoms with Crippen molar-refractivity contribution in [3.8, 4) is 0 Å². The van der Waals surface area contributed by atoms with Crippen LogP contribution in [0.1, 0.15) is 58.9 Å². The third-order valence-corrected chi connectivity index (χ3v) is 6.67. The molecular weight excluding hydrogens is 282 g/mol. The topological polar surface area (TPSA) is 49.6 Å². The number of carbonyl (C=O) groups excluding carboxylic acids is 1. The zero-order valence-corrected chi connectivity index (χ0v) is 13.4. The van der Waals surface area contributed by atoms with Crippen molar-refractivity contribution in [2.45, 2.75) is 50.6 Å². The molecule has 0 radical (unpaired) electrons. The van der Waals surface area contributed by atoms with Gasteiger partial charge in [-0.05, 0) is 51.1 Å². The fourth-order valence-corrected chi connectivity index (χ4v) is 5.55. The summed E-state index contributed by atoms with van der Waals surface area (Å²) in [6, 6.07) is 1.10. The van der Waals surface area contributed by atoms with Crippen LogP contribution in [0.2, 0.25) is 0 Å². The number of anilines is 1. The highest BCUT2D eigenvalue weighted by Gasteiger charge is 2.42. The zero-order chi connectivity index (χ0) is 14.6. The fraction of sp³-hybridized carbons (Fsp3) is 0.688. The molecule has 2 atom stereocenters. The molecule has 0 saturated carbocycles. The van der Waals surface area contributed by atoms with Crippen LogP contribution in [0.25, 0.3) is 0 Å². The Kier molecular flexibility index (Phi) is 3.23.